The first-order valence-electron chi connectivity index (χ1n) is 8.98. The fourth-order valence-electron chi connectivity index (χ4n) is 3.48. The normalized spacial score (nSPS) is 22.7. The third kappa shape index (κ3) is 5.49. The summed E-state index contributed by atoms with van der Waals surface area (Å²) in [7, 11) is 4.04. The van der Waals surface area contributed by atoms with E-state index in [9.17, 15) is 9.90 Å². The molecule has 2 amide bonds. The summed E-state index contributed by atoms with van der Waals surface area (Å²) in [6, 6.07) is 10.3. The highest BCUT2D eigenvalue weighted by atomic mass is 16.3. The van der Waals surface area contributed by atoms with Crippen molar-refractivity contribution in [3.05, 3.63) is 35.9 Å². The Hall–Kier alpha value is -1.59. The Balaban J connectivity index is 1.88. The van der Waals surface area contributed by atoms with Gasteiger partial charge >= 0.3 is 6.03 Å². The average molecular weight is 333 g/mol. The molecule has 1 aromatic rings. The monoisotopic (exact) mass is 333 g/mol. The molecule has 3 unspecified atom stereocenters. The number of nitrogens with zero attached hydrogens (tertiary/aromatic N) is 1. The summed E-state index contributed by atoms with van der Waals surface area (Å²) in [5.74, 6) is 0.178. The van der Waals surface area contributed by atoms with Crippen LogP contribution in [0.15, 0.2) is 30.3 Å². The Morgan fingerprint density at radius 1 is 1.21 bits per heavy atom. The van der Waals surface area contributed by atoms with Crippen LogP contribution in [-0.2, 0) is 0 Å². The van der Waals surface area contributed by atoms with Gasteiger partial charge in [-0.2, -0.15) is 0 Å². The number of hydrogen-bond donors (Lipinski definition) is 3. The molecular formula is C19H31N3O2. The number of urea groups is 1. The highest BCUT2D eigenvalue weighted by Gasteiger charge is 2.25. The Labute approximate surface area is 145 Å². The molecule has 0 radical (unpaired) electrons. The first-order chi connectivity index (χ1) is 11.6. The summed E-state index contributed by atoms with van der Waals surface area (Å²) >= 11 is 0. The molecule has 1 aromatic carbocycles. The maximum absolute atomic E-state index is 12.3. The van der Waals surface area contributed by atoms with E-state index in [0.29, 0.717) is 6.54 Å². The molecule has 1 saturated carbocycles. The van der Waals surface area contributed by atoms with Gasteiger partial charge < -0.3 is 20.6 Å². The lowest BCUT2D eigenvalue weighted by Crippen LogP contribution is -2.47. The van der Waals surface area contributed by atoms with Gasteiger partial charge in [-0.25, -0.2) is 4.79 Å². The van der Waals surface area contributed by atoms with Crippen LogP contribution < -0.4 is 10.6 Å². The van der Waals surface area contributed by atoms with Crippen molar-refractivity contribution in [1.29, 1.82) is 0 Å². The van der Waals surface area contributed by atoms with E-state index in [-0.39, 0.29) is 30.6 Å². The van der Waals surface area contributed by atoms with Crippen LogP contribution in [0, 0.1) is 5.92 Å². The molecule has 1 fully saturated rings. The van der Waals surface area contributed by atoms with Gasteiger partial charge in [-0.15, -0.1) is 0 Å². The fraction of sp³-hybridized carbons (Fsp3) is 0.632. The number of hydrogen-bond acceptors (Lipinski definition) is 3. The SMILES string of the molecule is CN(C)C(CNC(=O)NC1CCCCCC1CO)c1ccccc1. The molecular weight excluding hydrogens is 302 g/mol. The summed E-state index contributed by atoms with van der Waals surface area (Å²) in [4.78, 5) is 14.4. The van der Waals surface area contributed by atoms with Crippen molar-refractivity contribution in [3.63, 3.8) is 0 Å². The van der Waals surface area contributed by atoms with E-state index in [4.69, 9.17) is 0 Å². The second kappa shape index (κ2) is 9.64. The van der Waals surface area contributed by atoms with Crippen LogP contribution in [0.5, 0.6) is 0 Å². The number of carbonyl (C=O) groups excluding carboxylic acids is 1. The topological polar surface area (TPSA) is 64.6 Å². The van der Waals surface area contributed by atoms with Crippen molar-refractivity contribution in [2.75, 3.05) is 27.2 Å². The Bertz CT molecular complexity index is 493. The van der Waals surface area contributed by atoms with Gasteiger partial charge in [-0.3, -0.25) is 0 Å². The summed E-state index contributed by atoms with van der Waals surface area (Å²) in [6.45, 7) is 0.703. The molecule has 1 aliphatic rings. The van der Waals surface area contributed by atoms with Crippen molar-refractivity contribution in [3.8, 4) is 0 Å². The first kappa shape index (κ1) is 18.7. The van der Waals surface area contributed by atoms with E-state index in [2.05, 4.69) is 27.7 Å². The van der Waals surface area contributed by atoms with E-state index in [0.717, 1.165) is 25.7 Å². The number of carbonyl (C=O) groups is 1. The van der Waals surface area contributed by atoms with Crippen molar-refractivity contribution in [2.45, 2.75) is 44.2 Å². The van der Waals surface area contributed by atoms with Gasteiger partial charge in [0.1, 0.15) is 0 Å². The molecule has 1 aliphatic carbocycles. The molecule has 0 aromatic heterocycles. The molecule has 3 N–H and O–H groups in total. The maximum Gasteiger partial charge on any atom is 0.315 e. The summed E-state index contributed by atoms with van der Waals surface area (Å²) in [6.07, 6.45) is 5.39. The van der Waals surface area contributed by atoms with Crippen LogP contribution in [0.2, 0.25) is 0 Å². The lowest BCUT2D eigenvalue weighted by atomic mass is 9.96. The molecule has 0 bridgehead atoms. The van der Waals surface area contributed by atoms with Crippen LogP contribution in [0.4, 0.5) is 4.79 Å². The van der Waals surface area contributed by atoms with Gasteiger partial charge in [0, 0.05) is 25.1 Å². The Morgan fingerprint density at radius 3 is 2.58 bits per heavy atom. The van der Waals surface area contributed by atoms with E-state index in [1.807, 2.05) is 32.3 Å². The van der Waals surface area contributed by atoms with Gasteiger partial charge in [0.15, 0.2) is 0 Å². The molecule has 0 heterocycles. The molecule has 2 rings (SSSR count). The van der Waals surface area contributed by atoms with Crippen LogP contribution in [0.1, 0.15) is 43.7 Å². The molecule has 134 valence electrons. The smallest absolute Gasteiger partial charge is 0.315 e. The predicted molar refractivity (Wildman–Crippen MR) is 96.9 cm³/mol. The number of benzene rings is 1. The molecule has 0 saturated heterocycles. The van der Waals surface area contributed by atoms with Gasteiger partial charge in [0.05, 0.1) is 6.04 Å². The van der Waals surface area contributed by atoms with E-state index in [1.165, 1.54) is 12.0 Å². The highest BCUT2D eigenvalue weighted by molar-refractivity contribution is 5.74. The first-order valence-corrected chi connectivity index (χ1v) is 8.98. The zero-order valence-electron chi connectivity index (χ0n) is 14.9. The molecule has 5 heteroatoms. The molecule has 5 nitrogen and oxygen atoms in total. The van der Waals surface area contributed by atoms with Gasteiger partial charge in [-0.05, 0) is 32.5 Å². The van der Waals surface area contributed by atoms with Gasteiger partial charge in [0.25, 0.3) is 0 Å². The van der Waals surface area contributed by atoms with Crippen molar-refractivity contribution in [2.24, 2.45) is 5.92 Å². The zero-order chi connectivity index (χ0) is 17.4. The summed E-state index contributed by atoms with van der Waals surface area (Å²) < 4.78 is 0. The number of amides is 2. The van der Waals surface area contributed by atoms with Crippen LogP contribution in [-0.4, -0.2) is 49.3 Å². The minimum absolute atomic E-state index is 0.0760. The molecule has 0 spiro atoms. The number of likely N-dealkylation sites (N-methyl/N-ethyl adjacent to an activating group) is 1. The highest BCUT2D eigenvalue weighted by Crippen LogP contribution is 2.23. The molecule has 0 aliphatic heterocycles. The standard InChI is InChI=1S/C19H31N3O2/c1-22(2)18(15-9-5-3-6-10-15)13-20-19(24)21-17-12-8-4-7-11-16(17)14-23/h3,5-6,9-10,16-18,23H,4,7-8,11-14H2,1-2H3,(H2,20,21,24). The van der Waals surface area contributed by atoms with E-state index >= 15 is 0 Å². The lowest BCUT2D eigenvalue weighted by Gasteiger charge is -2.27. The third-order valence-corrected chi connectivity index (χ3v) is 4.97. The molecule has 24 heavy (non-hydrogen) atoms. The second-order valence-electron chi connectivity index (χ2n) is 6.93. The van der Waals surface area contributed by atoms with Gasteiger partial charge in [0.2, 0.25) is 0 Å². The Morgan fingerprint density at radius 2 is 1.92 bits per heavy atom. The summed E-state index contributed by atoms with van der Waals surface area (Å²) in [5, 5.41) is 15.6. The van der Waals surface area contributed by atoms with Crippen molar-refractivity contribution < 1.29 is 9.90 Å². The largest absolute Gasteiger partial charge is 0.396 e. The summed E-state index contributed by atoms with van der Waals surface area (Å²) in [5.41, 5.74) is 1.19. The van der Waals surface area contributed by atoms with E-state index in [1.54, 1.807) is 0 Å². The zero-order valence-corrected chi connectivity index (χ0v) is 14.9. The quantitative estimate of drug-likeness (QED) is 0.701. The van der Waals surface area contributed by atoms with Crippen LogP contribution in [0.3, 0.4) is 0 Å². The van der Waals surface area contributed by atoms with Crippen molar-refractivity contribution >= 4 is 6.03 Å². The molecule has 3 atom stereocenters. The van der Waals surface area contributed by atoms with E-state index < -0.39 is 0 Å². The van der Waals surface area contributed by atoms with Gasteiger partial charge in [-0.1, -0.05) is 49.6 Å². The number of aliphatic hydroxyl groups excluding tert-OH is 1. The van der Waals surface area contributed by atoms with Crippen LogP contribution in [0.25, 0.3) is 0 Å². The second-order valence-corrected chi connectivity index (χ2v) is 6.93. The lowest BCUT2D eigenvalue weighted by molar-refractivity contribution is 0.178. The number of aliphatic hydroxyl groups is 1. The minimum atomic E-state index is -0.136. The number of rotatable bonds is 6. The maximum atomic E-state index is 12.3. The minimum Gasteiger partial charge on any atom is -0.396 e. The Kier molecular flexibility index (Phi) is 7.53. The van der Waals surface area contributed by atoms with Crippen molar-refractivity contribution in [1.82, 2.24) is 15.5 Å². The fourth-order valence-corrected chi connectivity index (χ4v) is 3.48. The predicted octanol–water partition coefficient (Wildman–Crippen LogP) is 2.53. The third-order valence-electron chi connectivity index (χ3n) is 4.97. The number of nitrogens with one attached hydrogen (secondary N) is 2. The van der Waals surface area contributed by atoms with Crippen LogP contribution >= 0.6 is 0 Å². The average Bonchev–Trinajstić information content (AvgIpc) is 2.80.